The zero-order valence-electron chi connectivity index (χ0n) is 11.0. The van der Waals surface area contributed by atoms with E-state index in [1.807, 2.05) is 36.2 Å². The fourth-order valence-corrected chi connectivity index (χ4v) is 1.67. The van der Waals surface area contributed by atoms with Crippen LogP contribution in [-0.4, -0.2) is 35.1 Å². The Bertz CT molecular complexity index is 501. The summed E-state index contributed by atoms with van der Waals surface area (Å²) >= 11 is 0. The highest BCUT2D eigenvalue weighted by Gasteiger charge is 2.05. The lowest BCUT2D eigenvalue weighted by atomic mass is 10.3. The lowest BCUT2D eigenvalue weighted by Gasteiger charge is -2.18. The number of nitrogens with zero attached hydrogens (tertiary/aromatic N) is 4. The molecule has 2 heterocycles. The quantitative estimate of drug-likeness (QED) is 0.800. The molecule has 0 saturated heterocycles. The topological polar surface area (TPSA) is 80.0 Å². The second kappa shape index (κ2) is 6.65. The van der Waals surface area contributed by atoms with Gasteiger partial charge in [-0.3, -0.25) is 4.98 Å². The van der Waals surface area contributed by atoms with E-state index in [1.54, 1.807) is 12.5 Å². The van der Waals surface area contributed by atoms with Gasteiger partial charge >= 0.3 is 0 Å². The maximum atomic E-state index is 5.45. The van der Waals surface area contributed by atoms with Crippen LogP contribution in [0.2, 0.25) is 0 Å². The summed E-state index contributed by atoms with van der Waals surface area (Å²) in [5, 5.41) is 3.14. The molecule has 100 valence electrons. The average molecular weight is 258 g/mol. The number of hydrogen-bond donors (Lipinski definition) is 2. The Balaban J connectivity index is 2.04. The van der Waals surface area contributed by atoms with Crippen molar-refractivity contribution in [2.75, 3.05) is 30.4 Å². The Morgan fingerprint density at radius 3 is 2.89 bits per heavy atom. The third-order valence-corrected chi connectivity index (χ3v) is 2.62. The van der Waals surface area contributed by atoms with Crippen LogP contribution in [-0.2, 0) is 6.54 Å². The third-order valence-electron chi connectivity index (χ3n) is 2.62. The fourth-order valence-electron chi connectivity index (χ4n) is 1.67. The summed E-state index contributed by atoms with van der Waals surface area (Å²) in [6.45, 7) is 1.97. The fraction of sp³-hybridized carbons (Fsp3) is 0.308. The first-order valence-corrected chi connectivity index (χ1v) is 6.16. The predicted octanol–water partition coefficient (Wildman–Crippen LogP) is 0.879. The number of rotatable bonds is 6. The largest absolute Gasteiger partial charge is 0.369 e. The third kappa shape index (κ3) is 3.89. The van der Waals surface area contributed by atoms with Gasteiger partial charge in [0.25, 0.3) is 0 Å². The molecule has 0 aliphatic carbocycles. The van der Waals surface area contributed by atoms with Crippen LogP contribution in [0.3, 0.4) is 0 Å². The van der Waals surface area contributed by atoms with Crippen LogP contribution in [0.5, 0.6) is 0 Å². The molecule has 0 radical (unpaired) electrons. The van der Waals surface area contributed by atoms with Crippen molar-refractivity contribution in [3.8, 4) is 0 Å². The molecule has 3 N–H and O–H groups in total. The lowest BCUT2D eigenvalue weighted by molar-refractivity contribution is 0.860. The molecule has 0 aliphatic rings. The van der Waals surface area contributed by atoms with Crippen molar-refractivity contribution >= 4 is 11.6 Å². The van der Waals surface area contributed by atoms with Crippen molar-refractivity contribution in [3.05, 3.63) is 42.5 Å². The zero-order valence-corrected chi connectivity index (χ0v) is 11.0. The molecule has 2 aromatic rings. The summed E-state index contributed by atoms with van der Waals surface area (Å²) < 4.78 is 0. The molecule has 0 aromatic carbocycles. The molecular weight excluding hydrogens is 240 g/mol. The smallest absolute Gasteiger partial charge is 0.134 e. The molecule has 0 saturated carbocycles. The molecule has 2 aromatic heterocycles. The monoisotopic (exact) mass is 258 g/mol. The highest BCUT2D eigenvalue weighted by atomic mass is 15.2. The molecular formula is C13H18N6. The Kier molecular flexibility index (Phi) is 4.63. The zero-order chi connectivity index (χ0) is 13.5. The molecule has 0 atom stereocenters. The maximum Gasteiger partial charge on any atom is 0.134 e. The van der Waals surface area contributed by atoms with Gasteiger partial charge in [-0.2, -0.15) is 0 Å². The number of pyridine rings is 1. The summed E-state index contributed by atoms with van der Waals surface area (Å²) in [6, 6.07) is 7.78. The summed E-state index contributed by atoms with van der Waals surface area (Å²) in [5.74, 6) is 1.63. The number of anilines is 2. The first-order valence-electron chi connectivity index (χ1n) is 6.16. The second-order valence-corrected chi connectivity index (χ2v) is 4.15. The Morgan fingerprint density at radius 2 is 2.16 bits per heavy atom. The summed E-state index contributed by atoms with van der Waals surface area (Å²) in [4.78, 5) is 14.7. The van der Waals surface area contributed by atoms with Crippen molar-refractivity contribution < 1.29 is 0 Å². The number of nitrogens with two attached hydrogens (primary N) is 1. The highest BCUT2D eigenvalue weighted by Crippen LogP contribution is 2.14. The molecule has 0 amide bonds. The van der Waals surface area contributed by atoms with E-state index < -0.39 is 0 Å². The van der Waals surface area contributed by atoms with E-state index in [0.717, 1.165) is 17.3 Å². The van der Waals surface area contributed by atoms with E-state index in [9.17, 15) is 0 Å². The van der Waals surface area contributed by atoms with Crippen molar-refractivity contribution in [1.29, 1.82) is 0 Å². The molecule has 0 spiro atoms. The Labute approximate surface area is 112 Å². The van der Waals surface area contributed by atoms with Gasteiger partial charge in [0, 0.05) is 32.4 Å². The van der Waals surface area contributed by atoms with Gasteiger partial charge in [0.1, 0.15) is 18.0 Å². The minimum atomic E-state index is 0.573. The van der Waals surface area contributed by atoms with Crippen molar-refractivity contribution in [3.63, 3.8) is 0 Å². The van der Waals surface area contributed by atoms with E-state index in [4.69, 9.17) is 5.73 Å². The maximum absolute atomic E-state index is 5.45. The van der Waals surface area contributed by atoms with Crippen LogP contribution in [0.1, 0.15) is 5.69 Å². The van der Waals surface area contributed by atoms with Crippen molar-refractivity contribution in [2.24, 2.45) is 5.73 Å². The van der Waals surface area contributed by atoms with Crippen molar-refractivity contribution in [2.45, 2.75) is 6.54 Å². The molecule has 19 heavy (non-hydrogen) atoms. The predicted molar refractivity (Wildman–Crippen MR) is 75.9 cm³/mol. The molecule has 6 nitrogen and oxygen atoms in total. The van der Waals surface area contributed by atoms with E-state index >= 15 is 0 Å². The standard InChI is InChI=1S/C13H18N6/c1-19(9-11-4-2-3-6-15-11)13-8-12(16-7-5-14)17-10-18-13/h2-4,6,8,10H,5,7,9,14H2,1H3,(H,16,17,18). The minimum absolute atomic E-state index is 0.573. The number of aromatic nitrogens is 3. The van der Waals surface area contributed by atoms with Crippen LogP contribution in [0, 0.1) is 0 Å². The summed E-state index contributed by atoms with van der Waals surface area (Å²) in [6.07, 6.45) is 3.33. The lowest BCUT2D eigenvalue weighted by Crippen LogP contribution is -2.19. The van der Waals surface area contributed by atoms with Crippen LogP contribution in [0.4, 0.5) is 11.6 Å². The Morgan fingerprint density at radius 1 is 1.26 bits per heavy atom. The molecule has 0 aliphatic heterocycles. The number of nitrogens with one attached hydrogen (secondary N) is 1. The van der Waals surface area contributed by atoms with Crippen LogP contribution < -0.4 is 16.0 Å². The van der Waals surface area contributed by atoms with Gasteiger partial charge < -0.3 is 16.0 Å². The summed E-state index contributed by atoms with van der Waals surface area (Å²) in [7, 11) is 1.98. The van der Waals surface area contributed by atoms with Crippen molar-refractivity contribution in [1.82, 2.24) is 15.0 Å². The van der Waals surface area contributed by atoms with Gasteiger partial charge in [-0.25, -0.2) is 9.97 Å². The van der Waals surface area contributed by atoms with Gasteiger partial charge in [-0.1, -0.05) is 6.07 Å². The second-order valence-electron chi connectivity index (χ2n) is 4.15. The first kappa shape index (κ1) is 13.2. The highest BCUT2D eigenvalue weighted by molar-refractivity contribution is 5.48. The Hall–Kier alpha value is -2.21. The van der Waals surface area contributed by atoms with Gasteiger partial charge in [-0.15, -0.1) is 0 Å². The van der Waals surface area contributed by atoms with Crippen LogP contribution in [0.25, 0.3) is 0 Å². The van der Waals surface area contributed by atoms with Gasteiger partial charge in [0.2, 0.25) is 0 Å². The minimum Gasteiger partial charge on any atom is -0.369 e. The average Bonchev–Trinajstić information content (AvgIpc) is 2.46. The van der Waals surface area contributed by atoms with Gasteiger partial charge in [0.05, 0.1) is 12.2 Å². The molecule has 0 unspecified atom stereocenters. The SMILES string of the molecule is CN(Cc1ccccn1)c1cc(NCCN)ncn1. The van der Waals surface area contributed by atoms with Crippen LogP contribution >= 0.6 is 0 Å². The molecule has 2 rings (SSSR count). The molecule has 0 fully saturated rings. The van der Waals surface area contributed by atoms with Gasteiger partial charge in [0.15, 0.2) is 0 Å². The summed E-state index contributed by atoms with van der Waals surface area (Å²) in [5.41, 5.74) is 6.45. The normalized spacial score (nSPS) is 10.2. The van der Waals surface area contributed by atoms with E-state index in [0.29, 0.717) is 19.6 Å². The molecule has 6 heteroatoms. The van der Waals surface area contributed by atoms with E-state index in [-0.39, 0.29) is 0 Å². The molecule has 0 bridgehead atoms. The van der Waals surface area contributed by atoms with E-state index in [1.165, 1.54) is 0 Å². The first-order chi connectivity index (χ1) is 9.29. The van der Waals surface area contributed by atoms with Gasteiger partial charge in [-0.05, 0) is 12.1 Å². The van der Waals surface area contributed by atoms with Crippen LogP contribution in [0.15, 0.2) is 36.8 Å². The van der Waals surface area contributed by atoms with E-state index in [2.05, 4.69) is 20.3 Å². The number of hydrogen-bond acceptors (Lipinski definition) is 6.